The molecule has 1 fully saturated rings. The molecule has 1 aliphatic rings. The maximum Gasteiger partial charge on any atom is 0.335 e. The average molecular weight is 318 g/mol. The fraction of sp³-hybridized carbons (Fsp3) is 0.471. The molecule has 1 heterocycles. The number of hydrogen-bond donors (Lipinski definition) is 2. The molecule has 0 radical (unpaired) electrons. The van der Waals surface area contributed by atoms with Crippen molar-refractivity contribution in [1.29, 1.82) is 0 Å². The minimum Gasteiger partial charge on any atom is -0.478 e. The van der Waals surface area contributed by atoms with E-state index in [2.05, 4.69) is 5.32 Å². The lowest BCUT2D eigenvalue weighted by atomic mass is 10.1. The number of hydrogen-bond acceptors (Lipinski definition) is 3. The Hall–Kier alpha value is -2.37. The van der Waals surface area contributed by atoms with Gasteiger partial charge in [-0.15, -0.1) is 0 Å². The van der Waals surface area contributed by atoms with Crippen LogP contribution in [0.3, 0.4) is 0 Å². The topological polar surface area (TPSA) is 86.7 Å². The number of carboxylic acids is 1. The molecule has 2 rings (SSSR count). The third-order valence-electron chi connectivity index (χ3n) is 3.95. The van der Waals surface area contributed by atoms with E-state index in [0.717, 1.165) is 5.56 Å². The Morgan fingerprint density at radius 2 is 2.04 bits per heavy atom. The smallest absolute Gasteiger partial charge is 0.335 e. The van der Waals surface area contributed by atoms with Crippen molar-refractivity contribution in [2.24, 2.45) is 5.92 Å². The van der Waals surface area contributed by atoms with Crippen LogP contribution in [0.25, 0.3) is 0 Å². The van der Waals surface area contributed by atoms with Crippen molar-refractivity contribution in [3.63, 3.8) is 0 Å². The van der Waals surface area contributed by atoms with Crippen LogP contribution >= 0.6 is 0 Å². The van der Waals surface area contributed by atoms with Crippen LogP contribution in [-0.2, 0) is 16.1 Å². The third kappa shape index (κ3) is 4.09. The highest BCUT2D eigenvalue weighted by Crippen LogP contribution is 2.25. The van der Waals surface area contributed by atoms with E-state index >= 15 is 0 Å². The van der Waals surface area contributed by atoms with Crippen molar-refractivity contribution in [1.82, 2.24) is 10.2 Å². The molecule has 2 N–H and O–H groups in total. The standard InChI is InChI=1S/C17H22N2O4/c1-17(2,3)19-10-13(8-14(19)20)15(21)18-9-11-5-4-6-12(7-11)16(22)23/h4-7,13H,8-10H2,1-3H3,(H,18,21)(H,22,23). The summed E-state index contributed by atoms with van der Waals surface area (Å²) in [6, 6.07) is 6.44. The first-order chi connectivity index (χ1) is 10.7. The van der Waals surface area contributed by atoms with Gasteiger partial charge in [-0.3, -0.25) is 9.59 Å². The van der Waals surface area contributed by atoms with Gasteiger partial charge in [0.1, 0.15) is 0 Å². The summed E-state index contributed by atoms with van der Waals surface area (Å²) >= 11 is 0. The average Bonchev–Trinajstić information content (AvgIpc) is 2.87. The van der Waals surface area contributed by atoms with Gasteiger partial charge >= 0.3 is 5.97 Å². The lowest BCUT2D eigenvalue weighted by Crippen LogP contribution is -2.43. The van der Waals surface area contributed by atoms with Gasteiger partial charge in [0.2, 0.25) is 11.8 Å². The Balaban J connectivity index is 1.95. The van der Waals surface area contributed by atoms with Crippen LogP contribution in [0.2, 0.25) is 0 Å². The molecule has 23 heavy (non-hydrogen) atoms. The van der Waals surface area contributed by atoms with Crippen LogP contribution in [0, 0.1) is 5.92 Å². The van der Waals surface area contributed by atoms with E-state index in [1.165, 1.54) is 12.1 Å². The lowest BCUT2D eigenvalue weighted by Gasteiger charge is -2.31. The summed E-state index contributed by atoms with van der Waals surface area (Å²) in [5.74, 6) is -1.54. The van der Waals surface area contributed by atoms with Crippen molar-refractivity contribution in [2.45, 2.75) is 39.3 Å². The molecule has 0 aliphatic carbocycles. The van der Waals surface area contributed by atoms with E-state index in [4.69, 9.17) is 5.11 Å². The molecule has 0 aromatic heterocycles. The van der Waals surface area contributed by atoms with E-state index in [1.807, 2.05) is 20.8 Å². The SMILES string of the molecule is CC(C)(C)N1CC(C(=O)NCc2cccc(C(=O)O)c2)CC1=O. The number of carboxylic acid groups (broad SMARTS) is 1. The molecule has 2 amide bonds. The van der Waals surface area contributed by atoms with Gasteiger partial charge in [0, 0.05) is 25.0 Å². The normalized spacial score (nSPS) is 18.1. The van der Waals surface area contributed by atoms with Crippen molar-refractivity contribution in [2.75, 3.05) is 6.54 Å². The summed E-state index contributed by atoms with van der Waals surface area (Å²) in [4.78, 5) is 36.9. The summed E-state index contributed by atoms with van der Waals surface area (Å²) in [6.45, 7) is 6.51. The molecule has 1 unspecified atom stereocenters. The molecule has 0 bridgehead atoms. The molecular formula is C17H22N2O4. The Kier molecular flexibility index (Phi) is 4.73. The number of rotatable bonds is 4. The summed E-state index contributed by atoms with van der Waals surface area (Å²) in [6.07, 6.45) is 0.221. The highest BCUT2D eigenvalue weighted by molar-refractivity contribution is 5.90. The quantitative estimate of drug-likeness (QED) is 0.884. The Bertz CT molecular complexity index is 634. The molecule has 6 nitrogen and oxygen atoms in total. The second-order valence-corrected chi connectivity index (χ2v) is 6.80. The molecule has 1 saturated heterocycles. The van der Waals surface area contributed by atoms with E-state index in [1.54, 1.807) is 17.0 Å². The number of likely N-dealkylation sites (tertiary alicyclic amines) is 1. The molecule has 1 atom stereocenters. The highest BCUT2D eigenvalue weighted by Gasteiger charge is 2.39. The summed E-state index contributed by atoms with van der Waals surface area (Å²) in [5, 5.41) is 11.8. The summed E-state index contributed by atoms with van der Waals surface area (Å²) in [5.41, 5.74) is 0.615. The molecule has 1 aliphatic heterocycles. The number of benzene rings is 1. The number of carbonyl (C=O) groups is 3. The van der Waals surface area contributed by atoms with Crippen LogP contribution in [0.4, 0.5) is 0 Å². The molecule has 6 heteroatoms. The van der Waals surface area contributed by atoms with Gasteiger partial charge in [-0.05, 0) is 38.5 Å². The summed E-state index contributed by atoms with van der Waals surface area (Å²) < 4.78 is 0. The van der Waals surface area contributed by atoms with Gasteiger partial charge in [-0.2, -0.15) is 0 Å². The molecule has 0 saturated carbocycles. The van der Waals surface area contributed by atoms with Crippen molar-refractivity contribution in [3.05, 3.63) is 35.4 Å². The fourth-order valence-corrected chi connectivity index (χ4v) is 2.68. The van der Waals surface area contributed by atoms with E-state index < -0.39 is 5.97 Å². The zero-order chi connectivity index (χ0) is 17.2. The van der Waals surface area contributed by atoms with E-state index in [9.17, 15) is 14.4 Å². The minimum absolute atomic E-state index is 0.00877. The molecule has 0 spiro atoms. The zero-order valence-corrected chi connectivity index (χ0v) is 13.6. The molecular weight excluding hydrogens is 296 g/mol. The third-order valence-corrected chi connectivity index (χ3v) is 3.95. The molecule has 1 aromatic rings. The number of amides is 2. The monoisotopic (exact) mass is 318 g/mol. The molecule has 1 aromatic carbocycles. The second kappa shape index (κ2) is 6.40. The predicted octanol–water partition coefficient (Wildman–Crippen LogP) is 1.65. The van der Waals surface area contributed by atoms with Gasteiger partial charge in [0.05, 0.1) is 11.5 Å². The van der Waals surface area contributed by atoms with Crippen LogP contribution in [0.1, 0.15) is 43.1 Å². The van der Waals surface area contributed by atoms with Crippen molar-refractivity contribution >= 4 is 17.8 Å². The van der Waals surface area contributed by atoms with Crippen LogP contribution < -0.4 is 5.32 Å². The largest absolute Gasteiger partial charge is 0.478 e. The van der Waals surface area contributed by atoms with Gasteiger partial charge in [0.25, 0.3) is 0 Å². The molecule has 124 valence electrons. The van der Waals surface area contributed by atoms with Gasteiger partial charge in [-0.1, -0.05) is 12.1 Å². The number of carbonyl (C=O) groups excluding carboxylic acids is 2. The van der Waals surface area contributed by atoms with Crippen LogP contribution in [-0.4, -0.2) is 39.9 Å². The first kappa shape index (κ1) is 17.0. The van der Waals surface area contributed by atoms with E-state index in [-0.39, 0.29) is 41.8 Å². The summed E-state index contributed by atoms with van der Waals surface area (Å²) in [7, 11) is 0. The highest BCUT2D eigenvalue weighted by atomic mass is 16.4. The Morgan fingerprint density at radius 1 is 1.35 bits per heavy atom. The zero-order valence-electron chi connectivity index (χ0n) is 13.6. The maximum absolute atomic E-state index is 12.2. The van der Waals surface area contributed by atoms with Crippen molar-refractivity contribution in [3.8, 4) is 0 Å². The van der Waals surface area contributed by atoms with Crippen molar-refractivity contribution < 1.29 is 19.5 Å². The van der Waals surface area contributed by atoms with Gasteiger partial charge < -0.3 is 15.3 Å². The second-order valence-electron chi connectivity index (χ2n) is 6.80. The fourth-order valence-electron chi connectivity index (χ4n) is 2.68. The van der Waals surface area contributed by atoms with Crippen LogP contribution in [0.15, 0.2) is 24.3 Å². The van der Waals surface area contributed by atoms with Gasteiger partial charge in [0.15, 0.2) is 0 Å². The predicted molar refractivity (Wildman–Crippen MR) is 84.8 cm³/mol. The number of nitrogens with one attached hydrogen (secondary N) is 1. The van der Waals surface area contributed by atoms with Crippen LogP contribution in [0.5, 0.6) is 0 Å². The number of aromatic carboxylic acids is 1. The maximum atomic E-state index is 12.2. The minimum atomic E-state index is -1.000. The Labute approximate surface area is 135 Å². The van der Waals surface area contributed by atoms with Gasteiger partial charge in [-0.25, -0.2) is 4.79 Å². The first-order valence-electron chi connectivity index (χ1n) is 7.59. The Morgan fingerprint density at radius 3 is 2.61 bits per heavy atom. The van der Waals surface area contributed by atoms with E-state index in [0.29, 0.717) is 6.54 Å². The first-order valence-corrected chi connectivity index (χ1v) is 7.59. The number of nitrogens with zero attached hydrogens (tertiary/aromatic N) is 1. The lowest BCUT2D eigenvalue weighted by molar-refractivity contribution is -0.132.